The summed E-state index contributed by atoms with van der Waals surface area (Å²) in [6.45, 7) is 3.58. The number of halogens is 1. The van der Waals surface area contributed by atoms with Crippen LogP contribution >= 0.6 is 12.4 Å². The van der Waals surface area contributed by atoms with E-state index in [0.29, 0.717) is 30.1 Å². The Morgan fingerprint density at radius 2 is 2.13 bits per heavy atom. The van der Waals surface area contributed by atoms with E-state index in [9.17, 15) is 13.2 Å². The third kappa shape index (κ3) is 4.23. The van der Waals surface area contributed by atoms with E-state index in [0.717, 1.165) is 13.0 Å². The topological polar surface area (TPSA) is 75.7 Å². The van der Waals surface area contributed by atoms with Gasteiger partial charge in [0.2, 0.25) is 10.0 Å². The number of methoxy groups -OCH3 is 1. The number of nitrogens with zero attached hydrogens (tertiary/aromatic N) is 1. The van der Waals surface area contributed by atoms with E-state index in [4.69, 9.17) is 0 Å². The summed E-state index contributed by atoms with van der Waals surface area (Å²) in [7, 11) is -0.337. The molecule has 23 heavy (non-hydrogen) atoms. The van der Waals surface area contributed by atoms with E-state index in [-0.39, 0.29) is 17.3 Å². The highest BCUT2D eigenvalue weighted by Gasteiger charge is 2.32. The zero-order valence-electron chi connectivity index (χ0n) is 13.5. The minimum atomic E-state index is -3.51. The number of sulfonamides is 1. The Kier molecular flexibility index (Phi) is 7.01. The van der Waals surface area contributed by atoms with E-state index in [1.165, 1.54) is 29.6 Å². The summed E-state index contributed by atoms with van der Waals surface area (Å²) >= 11 is 0. The summed E-state index contributed by atoms with van der Waals surface area (Å²) in [4.78, 5) is 11.8. The van der Waals surface area contributed by atoms with Gasteiger partial charge in [0, 0.05) is 13.1 Å². The Hall–Kier alpha value is -1.15. The lowest BCUT2D eigenvalue weighted by atomic mass is 10.1. The van der Waals surface area contributed by atoms with Crippen molar-refractivity contribution in [3.05, 3.63) is 29.3 Å². The van der Waals surface area contributed by atoms with Crippen LogP contribution in [0.3, 0.4) is 0 Å². The summed E-state index contributed by atoms with van der Waals surface area (Å²) < 4.78 is 31.5. The van der Waals surface area contributed by atoms with Gasteiger partial charge in [0.05, 0.1) is 17.6 Å². The zero-order valence-corrected chi connectivity index (χ0v) is 15.2. The van der Waals surface area contributed by atoms with Crippen molar-refractivity contribution in [3.8, 4) is 0 Å². The van der Waals surface area contributed by atoms with Crippen LogP contribution in [-0.2, 0) is 14.8 Å². The van der Waals surface area contributed by atoms with Crippen LogP contribution in [0.4, 0.5) is 0 Å². The average Bonchev–Trinajstić information content (AvgIpc) is 2.96. The number of esters is 1. The molecule has 1 unspecified atom stereocenters. The van der Waals surface area contributed by atoms with Gasteiger partial charge in [0.1, 0.15) is 0 Å². The molecule has 1 atom stereocenters. The maximum Gasteiger partial charge on any atom is 0.338 e. The van der Waals surface area contributed by atoms with Crippen LogP contribution in [0.15, 0.2) is 23.1 Å². The molecule has 1 heterocycles. The van der Waals surface area contributed by atoms with E-state index in [2.05, 4.69) is 10.1 Å². The number of carbonyl (C=O) groups excluding carboxylic acids is 1. The van der Waals surface area contributed by atoms with E-state index < -0.39 is 16.0 Å². The number of nitrogens with one attached hydrogen (secondary N) is 1. The molecule has 0 bridgehead atoms. The number of hydrogen-bond donors (Lipinski definition) is 1. The maximum absolute atomic E-state index is 12.7. The van der Waals surface area contributed by atoms with Gasteiger partial charge in [-0.25, -0.2) is 13.2 Å². The standard InChI is InChI=1S/C15H22N2O4S.ClH/c1-11-8-13(4-5-14(11)15(18)21-3)22(19,20)17-7-6-12(10-17)9-16-2;/h4-5,8,12,16H,6-7,9-10H2,1-3H3;1H. The van der Waals surface area contributed by atoms with Crippen LogP contribution < -0.4 is 5.32 Å². The zero-order chi connectivity index (χ0) is 16.3. The Balaban J connectivity index is 0.00000264. The van der Waals surface area contributed by atoms with E-state index in [1.54, 1.807) is 6.92 Å². The highest BCUT2D eigenvalue weighted by atomic mass is 35.5. The fourth-order valence-electron chi connectivity index (χ4n) is 2.76. The molecule has 8 heteroatoms. The van der Waals surface area contributed by atoms with Crippen molar-refractivity contribution in [1.29, 1.82) is 0 Å². The summed E-state index contributed by atoms with van der Waals surface area (Å²) in [5.74, 6) is -0.119. The molecule has 0 aliphatic carbocycles. The van der Waals surface area contributed by atoms with Crippen molar-refractivity contribution in [2.24, 2.45) is 5.92 Å². The quantitative estimate of drug-likeness (QED) is 0.802. The van der Waals surface area contributed by atoms with Crippen LogP contribution in [0, 0.1) is 12.8 Å². The van der Waals surface area contributed by atoms with Crippen molar-refractivity contribution in [1.82, 2.24) is 9.62 Å². The molecule has 0 radical (unpaired) electrons. The van der Waals surface area contributed by atoms with E-state index in [1.807, 2.05) is 7.05 Å². The van der Waals surface area contributed by atoms with Gasteiger partial charge < -0.3 is 10.1 Å². The lowest BCUT2D eigenvalue weighted by molar-refractivity contribution is 0.0600. The molecule has 1 aliphatic heterocycles. The number of ether oxygens (including phenoxy) is 1. The maximum atomic E-state index is 12.7. The predicted octanol–water partition coefficient (Wildman–Crippen LogP) is 1.43. The molecule has 0 aromatic heterocycles. The van der Waals surface area contributed by atoms with Crippen molar-refractivity contribution in [2.75, 3.05) is 33.8 Å². The molecule has 130 valence electrons. The smallest absolute Gasteiger partial charge is 0.338 e. The SMILES string of the molecule is CNCC1CCN(S(=O)(=O)c2ccc(C(=O)OC)c(C)c2)C1.Cl. The average molecular weight is 363 g/mol. The molecule has 6 nitrogen and oxygen atoms in total. The first-order valence-electron chi connectivity index (χ1n) is 7.24. The summed E-state index contributed by atoms with van der Waals surface area (Å²) in [6.07, 6.45) is 0.860. The van der Waals surface area contributed by atoms with Gasteiger partial charge in [-0.3, -0.25) is 0 Å². The molecule has 0 saturated carbocycles. The molecule has 2 rings (SSSR count). The second kappa shape index (κ2) is 8.10. The molecule has 1 saturated heterocycles. The molecule has 1 fully saturated rings. The summed E-state index contributed by atoms with van der Waals surface area (Å²) in [5, 5.41) is 3.08. The lowest BCUT2D eigenvalue weighted by Crippen LogP contribution is -2.30. The Labute approximate surface area is 143 Å². The Bertz CT molecular complexity index is 663. The fraction of sp³-hybridized carbons (Fsp3) is 0.533. The van der Waals surface area contributed by atoms with Crippen LogP contribution in [0.5, 0.6) is 0 Å². The minimum Gasteiger partial charge on any atom is -0.465 e. The molecule has 1 aliphatic rings. The summed E-state index contributed by atoms with van der Waals surface area (Å²) in [6, 6.07) is 4.52. The normalized spacial score (nSPS) is 18.5. The molecule has 1 aromatic carbocycles. The lowest BCUT2D eigenvalue weighted by Gasteiger charge is -2.17. The number of aryl methyl sites for hydroxylation is 1. The number of carbonyl (C=O) groups is 1. The molecule has 1 aromatic rings. The minimum absolute atomic E-state index is 0. The molecular weight excluding hydrogens is 340 g/mol. The molecule has 0 spiro atoms. The van der Waals surface area contributed by atoms with Gasteiger partial charge in [-0.05, 0) is 56.6 Å². The number of benzene rings is 1. The van der Waals surface area contributed by atoms with Gasteiger partial charge >= 0.3 is 5.97 Å². The van der Waals surface area contributed by atoms with Crippen LogP contribution in [-0.4, -0.2) is 52.5 Å². The van der Waals surface area contributed by atoms with Crippen molar-refractivity contribution >= 4 is 28.4 Å². The largest absolute Gasteiger partial charge is 0.465 e. The van der Waals surface area contributed by atoms with Crippen molar-refractivity contribution < 1.29 is 17.9 Å². The van der Waals surface area contributed by atoms with Crippen molar-refractivity contribution in [2.45, 2.75) is 18.2 Å². The first kappa shape index (κ1) is 19.9. The number of rotatable bonds is 5. The van der Waals surface area contributed by atoms with Gasteiger partial charge in [-0.15, -0.1) is 12.4 Å². The van der Waals surface area contributed by atoms with Gasteiger partial charge in [0.15, 0.2) is 0 Å². The fourth-order valence-corrected chi connectivity index (χ4v) is 4.37. The Morgan fingerprint density at radius 3 is 2.70 bits per heavy atom. The first-order valence-corrected chi connectivity index (χ1v) is 8.68. The van der Waals surface area contributed by atoms with E-state index >= 15 is 0 Å². The van der Waals surface area contributed by atoms with Gasteiger partial charge in [-0.2, -0.15) is 4.31 Å². The highest BCUT2D eigenvalue weighted by Crippen LogP contribution is 2.25. The highest BCUT2D eigenvalue weighted by molar-refractivity contribution is 7.89. The van der Waals surface area contributed by atoms with Gasteiger partial charge in [0.25, 0.3) is 0 Å². The predicted molar refractivity (Wildman–Crippen MR) is 90.6 cm³/mol. The van der Waals surface area contributed by atoms with Crippen molar-refractivity contribution in [3.63, 3.8) is 0 Å². The van der Waals surface area contributed by atoms with Gasteiger partial charge in [-0.1, -0.05) is 0 Å². The second-order valence-electron chi connectivity index (χ2n) is 5.54. The molecule has 0 amide bonds. The van der Waals surface area contributed by atoms with Crippen LogP contribution in [0.25, 0.3) is 0 Å². The molecular formula is C15H23ClN2O4S. The second-order valence-corrected chi connectivity index (χ2v) is 7.48. The third-order valence-electron chi connectivity index (χ3n) is 3.98. The summed E-state index contributed by atoms with van der Waals surface area (Å²) in [5.41, 5.74) is 0.981. The molecule has 1 N–H and O–H groups in total. The van der Waals surface area contributed by atoms with Crippen LogP contribution in [0.2, 0.25) is 0 Å². The monoisotopic (exact) mass is 362 g/mol. The third-order valence-corrected chi connectivity index (χ3v) is 5.84. The van der Waals surface area contributed by atoms with Crippen LogP contribution in [0.1, 0.15) is 22.3 Å². The first-order chi connectivity index (χ1) is 10.4. The number of hydrogen-bond acceptors (Lipinski definition) is 5. The Morgan fingerprint density at radius 1 is 1.43 bits per heavy atom.